The number of nitrogens with one attached hydrogen (secondary N) is 2. The van der Waals surface area contributed by atoms with E-state index in [2.05, 4.69) is 46.4 Å². The third-order valence-corrected chi connectivity index (χ3v) is 3.03. The lowest BCUT2D eigenvalue weighted by Crippen LogP contribution is -2.38. The number of aromatic nitrogens is 1. The molecule has 5 heteroatoms. The Morgan fingerprint density at radius 1 is 1.10 bits per heavy atom. The predicted octanol–water partition coefficient (Wildman–Crippen LogP) is 2.25. The minimum atomic E-state index is 0.797. The standard InChI is InChI=1S/C16H30N4O/c1-3-5-14-21-15-8-9-18-16(17-4-2)19-10-13-20-11-6-7-12-20/h6-7,11-12H,3-5,8-10,13-15H2,1-2H3,(H2,17,18,19). The maximum atomic E-state index is 5.53. The second-order valence-corrected chi connectivity index (χ2v) is 4.93. The Kier molecular flexibility index (Phi) is 10.3. The number of hydrogen-bond donors (Lipinski definition) is 2. The first-order valence-corrected chi connectivity index (χ1v) is 8.07. The molecule has 2 N–H and O–H groups in total. The van der Waals surface area contributed by atoms with Gasteiger partial charge in [-0.15, -0.1) is 0 Å². The first-order chi connectivity index (χ1) is 10.4. The molecule has 0 bridgehead atoms. The van der Waals surface area contributed by atoms with Gasteiger partial charge in [0.1, 0.15) is 0 Å². The number of rotatable bonds is 11. The van der Waals surface area contributed by atoms with Crippen LogP contribution in [0.1, 0.15) is 33.1 Å². The topological polar surface area (TPSA) is 50.6 Å². The summed E-state index contributed by atoms with van der Waals surface area (Å²) in [7, 11) is 0. The van der Waals surface area contributed by atoms with E-state index in [1.165, 1.54) is 6.42 Å². The van der Waals surface area contributed by atoms with Gasteiger partial charge < -0.3 is 19.9 Å². The third kappa shape index (κ3) is 9.13. The van der Waals surface area contributed by atoms with E-state index in [0.29, 0.717) is 0 Å². The Balaban J connectivity index is 2.13. The summed E-state index contributed by atoms with van der Waals surface area (Å²) in [6.07, 6.45) is 7.44. The van der Waals surface area contributed by atoms with Crippen molar-refractivity contribution in [2.24, 2.45) is 4.99 Å². The van der Waals surface area contributed by atoms with Crippen molar-refractivity contribution >= 4 is 5.96 Å². The molecule has 0 aliphatic heterocycles. The van der Waals surface area contributed by atoms with Crippen molar-refractivity contribution in [3.63, 3.8) is 0 Å². The fourth-order valence-corrected chi connectivity index (χ4v) is 1.87. The maximum Gasteiger partial charge on any atom is 0.191 e. The zero-order valence-corrected chi connectivity index (χ0v) is 13.5. The SMILES string of the molecule is CCCCOCCCN=C(NCC)NCCn1cccc1. The molecule has 1 rings (SSSR count). The molecule has 0 radical (unpaired) electrons. The third-order valence-electron chi connectivity index (χ3n) is 3.03. The van der Waals surface area contributed by atoms with Crippen molar-refractivity contribution in [2.45, 2.75) is 39.7 Å². The molecule has 0 aliphatic rings. The summed E-state index contributed by atoms with van der Waals surface area (Å²) >= 11 is 0. The van der Waals surface area contributed by atoms with Crippen LogP contribution >= 0.6 is 0 Å². The molecule has 0 aliphatic carbocycles. The maximum absolute atomic E-state index is 5.53. The van der Waals surface area contributed by atoms with Crippen LogP contribution in [0.25, 0.3) is 0 Å². The summed E-state index contributed by atoms with van der Waals surface area (Å²) in [6.45, 7) is 9.41. The summed E-state index contributed by atoms with van der Waals surface area (Å²) in [5, 5.41) is 6.61. The van der Waals surface area contributed by atoms with Crippen LogP contribution in [0.5, 0.6) is 0 Å². The Morgan fingerprint density at radius 3 is 2.57 bits per heavy atom. The highest BCUT2D eigenvalue weighted by Crippen LogP contribution is 1.91. The lowest BCUT2D eigenvalue weighted by molar-refractivity contribution is 0.130. The van der Waals surface area contributed by atoms with Gasteiger partial charge in [-0.05, 0) is 31.9 Å². The lowest BCUT2D eigenvalue weighted by Gasteiger charge is -2.11. The molecule has 0 saturated carbocycles. The van der Waals surface area contributed by atoms with Gasteiger partial charge in [-0.25, -0.2) is 0 Å². The number of nitrogens with zero attached hydrogens (tertiary/aromatic N) is 2. The van der Waals surface area contributed by atoms with Gasteiger partial charge in [0.15, 0.2) is 5.96 Å². The van der Waals surface area contributed by atoms with Crippen molar-refractivity contribution in [1.82, 2.24) is 15.2 Å². The fourth-order valence-electron chi connectivity index (χ4n) is 1.87. The van der Waals surface area contributed by atoms with Crippen molar-refractivity contribution in [3.05, 3.63) is 24.5 Å². The van der Waals surface area contributed by atoms with Crippen LogP contribution < -0.4 is 10.6 Å². The summed E-state index contributed by atoms with van der Waals surface area (Å²) in [6, 6.07) is 4.08. The van der Waals surface area contributed by atoms with Gasteiger partial charge in [0.2, 0.25) is 0 Å². The van der Waals surface area contributed by atoms with Gasteiger partial charge >= 0.3 is 0 Å². The van der Waals surface area contributed by atoms with Crippen LogP contribution in [-0.2, 0) is 11.3 Å². The predicted molar refractivity (Wildman–Crippen MR) is 88.8 cm³/mol. The zero-order valence-electron chi connectivity index (χ0n) is 13.5. The Hall–Kier alpha value is -1.49. The van der Waals surface area contributed by atoms with Crippen LogP contribution in [0, 0.1) is 0 Å². The monoisotopic (exact) mass is 294 g/mol. The summed E-state index contributed by atoms with van der Waals surface area (Å²) in [5.41, 5.74) is 0. The van der Waals surface area contributed by atoms with E-state index in [9.17, 15) is 0 Å². The molecule has 0 amide bonds. The van der Waals surface area contributed by atoms with Gasteiger partial charge in [0, 0.05) is 51.8 Å². The Morgan fingerprint density at radius 2 is 1.86 bits per heavy atom. The second-order valence-electron chi connectivity index (χ2n) is 4.93. The van der Waals surface area contributed by atoms with Crippen molar-refractivity contribution in [2.75, 3.05) is 32.8 Å². The molecular formula is C16H30N4O. The zero-order chi connectivity index (χ0) is 15.2. The second kappa shape index (κ2) is 12.3. The van der Waals surface area contributed by atoms with Gasteiger partial charge in [-0.2, -0.15) is 0 Å². The Bertz CT molecular complexity index is 362. The molecule has 120 valence electrons. The average Bonchev–Trinajstić information content (AvgIpc) is 2.99. The summed E-state index contributed by atoms with van der Waals surface area (Å²) in [5.74, 6) is 0.887. The van der Waals surface area contributed by atoms with Crippen LogP contribution in [0.2, 0.25) is 0 Å². The molecule has 5 nitrogen and oxygen atoms in total. The highest BCUT2D eigenvalue weighted by atomic mass is 16.5. The highest BCUT2D eigenvalue weighted by Gasteiger charge is 1.96. The van der Waals surface area contributed by atoms with E-state index in [1.54, 1.807) is 0 Å². The number of hydrogen-bond acceptors (Lipinski definition) is 2. The van der Waals surface area contributed by atoms with Crippen molar-refractivity contribution in [1.29, 1.82) is 0 Å². The van der Waals surface area contributed by atoms with Crippen LogP contribution in [-0.4, -0.2) is 43.4 Å². The van der Waals surface area contributed by atoms with E-state index >= 15 is 0 Å². The number of unbranched alkanes of at least 4 members (excludes halogenated alkanes) is 1. The molecular weight excluding hydrogens is 264 g/mol. The van der Waals surface area contributed by atoms with Crippen LogP contribution in [0.15, 0.2) is 29.5 Å². The largest absolute Gasteiger partial charge is 0.381 e. The molecule has 1 heterocycles. The van der Waals surface area contributed by atoms with Gasteiger partial charge in [0.25, 0.3) is 0 Å². The molecule has 0 unspecified atom stereocenters. The van der Waals surface area contributed by atoms with Crippen molar-refractivity contribution < 1.29 is 4.74 Å². The Labute approximate surface area is 128 Å². The highest BCUT2D eigenvalue weighted by molar-refractivity contribution is 5.79. The molecule has 0 fully saturated rings. The number of guanidine groups is 1. The van der Waals surface area contributed by atoms with Crippen LogP contribution in [0.3, 0.4) is 0 Å². The molecule has 0 aromatic carbocycles. The average molecular weight is 294 g/mol. The van der Waals surface area contributed by atoms with Crippen molar-refractivity contribution in [3.8, 4) is 0 Å². The van der Waals surface area contributed by atoms with E-state index < -0.39 is 0 Å². The summed E-state index contributed by atoms with van der Waals surface area (Å²) in [4.78, 5) is 4.56. The number of aliphatic imine (C=N–C) groups is 1. The first kappa shape index (κ1) is 17.6. The molecule has 0 saturated heterocycles. The summed E-state index contributed by atoms with van der Waals surface area (Å²) < 4.78 is 7.68. The molecule has 21 heavy (non-hydrogen) atoms. The quantitative estimate of drug-likeness (QED) is 0.374. The van der Waals surface area contributed by atoms with E-state index in [4.69, 9.17) is 4.74 Å². The first-order valence-electron chi connectivity index (χ1n) is 8.07. The molecule has 0 atom stereocenters. The molecule has 0 spiro atoms. The minimum Gasteiger partial charge on any atom is -0.381 e. The van der Waals surface area contributed by atoms with Crippen LogP contribution in [0.4, 0.5) is 0 Å². The molecule has 1 aromatic heterocycles. The molecule has 1 aromatic rings. The van der Waals surface area contributed by atoms with Gasteiger partial charge in [-0.1, -0.05) is 13.3 Å². The number of ether oxygens (including phenoxy) is 1. The van der Waals surface area contributed by atoms with E-state index in [1.807, 2.05) is 12.1 Å². The fraction of sp³-hybridized carbons (Fsp3) is 0.688. The van der Waals surface area contributed by atoms with Gasteiger partial charge in [0.05, 0.1) is 0 Å². The normalized spacial score (nSPS) is 11.6. The van der Waals surface area contributed by atoms with Gasteiger partial charge in [-0.3, -0.25) is 4.99 Å². The lowest BCUT2D eigenvalue weighted by atomic mass is 10.4. The smallest absolute Gasteiger partial charge is 0.191 e. The van der Waals surface area contributed by atoms with E-state index in [0.717, 1.165) is 58.2 Å². The minimum absolute atomic E-state index is 0.797. The van der Waals surface area contributed by atoms with E-state index in [-0.39, 0.29) is 0 Å².